The summed E-state index contributed by atoms with van der Waals surface area (Å²) in [5.74, 6) is 0. The molecule has 2 fully saturated rings. The van der Waals surface area contributed by atoms with Gasteiger partial charge in [-0.2, -0.15) is 0 Å². The molecule has 0 spiro atoms. The van der Waals surface area contributed by atoms with Gasteiger partial charge in [0.2, 0.25) is 0 Å². The fourth-order valence-electron chi connectivity index (χ4n) is 2.91. The van der Waals surface area contributed by atoms with Crippen molar-refractivity contribution in [1.29, 1.82) is 0 Å². The molecular weight excluding hydrogens is 216 g/mol. The van der Waals surface area contributed by atoms with E-state index in [1.54, 1.807) is 0 Å². The second-order valence-corrected chi connectivity index (χ2v) is 5.13. The summed E-state index contributed by atoms with van der Waals surface area (Å²) in [5, 5.41) is 3.60. The minimum Gasteiger partial charge on any atom is -0.380 e. The SMILES string of the molecule is CCNC1CCOCC1N1CCCOC(C)C1. The maximum Gasteiger partial charge on any atom is 0.0674 e. The fraction of sp³-hybridized carbons (Fsp3) is 1.00. The van der Waals surface area contributed by atoms with Crippen molar-refractivity contribution >= 4 is 0 Å². The molecule has 2 aliphatic rings. The molecule has 0 aliphatic carbocycles. The highest BCUT2D eigenvalue weighted by atomic mass is 16.5. The molecule has 0 saturated carbocycles. The van der Waals surface area contributed by atoms with Crippen LogP contribution in [0.15, 0.2) is 0 Å². The Labute approximate surface area is 105 Å². The van der Waals surface area contributed by atoms with E-state index in [1.165, 1.54) is 0 Å². The van der Waals surface area contributed by atoms with E-state index in [4.69, 9.17) is 9.47 Å². The van der Waals surface area contributed by atoms with Crippen molar-refractivity contribution in [2.45, 2.75) is 44.9 Å². The molecule has 0 radical (unpaired) electrons. The maximum absolute atomic E-state index is 5.72. The smallest absolute Gasteiger partial charge is 0.0674 e. The Morgan fingerprint density at radius 3 is 3.06 bits per heavy atom. The largest absolute Gasteiger partial charge is 0.380 e. The van der Waals surface area contributed by atoms with Gasteiger partial charge in [-0.3, -0.25) is 4.90 Å². The van der Waals surface area contributed by atoms with Crippen LogP contribution in [0.3, 0.4) is 0 Å². The van der Waals surface area contributed by atoms with Gasteiger partial charge in [0.1, 0.15) is 0 Å². The summed E-state index contributed by atoms with van der Waals surface area (Å²) in [7, 11) is 0. The van der Waals surface area contributed by atoms with Gasteiger partial charge < -0.3 is 14.8 Å². The van der Waals surface area contributed by atoms with Crippen molar-refractivity contribution in [3.63, 3.8) is 0 Å². The van der Waals surface area contributed by atoms with Crippen molar-refractivity contribution < 1.29 is 9.47 Å². The fourth-order valence-corrected chi connectivity index (χ4v) is 2.91. The molecule has 3 unspecified atom stereocenters. The lowest BCUT2D eigenvalue weighted by Crippen LogP contribution is -2.56. The summed E-state index contributed by atoms with van der Waals surface area (Å²) in [6.45, 7) is 10.2. The molecule has 0 aromatic carbocycles. The van der Waals surface area contributed by atoms with Crippen molar-refractivity contribution in [2.75, 3.05) is 39.5 Å². The van der Waals surface area contributed by atoms with Crippen molar-refractivity contribution in [2.24, 2.45) is 0 Å². The number of ether oxygens (including phenoxy) is 2. The van der Waals surface area contributed by atoms with Crippen LogP contribution in [0.1, 0.15) is 26.7 Å². The van der Waals surface area contributed by atoms with Crippen LogP contribution in [-0.4, -0.2) is 62.5 Å². The topological polar surface area (TPSA) is 33.7 Å². The lowest BCUT2D eigenvalue weighted by molar-refractivity contribution is -0.0121. The highest BCUT2D eigenvalue weighted by Gasteiger charge is 2.31. The molecule has 2 heterocycles. The zero-order valence-electron chi connectivity index (χ0n) is 11.2. The second-order valence-electron chi connectivity index (χ2n) is 5.13. The van der Waals surface area contributed by atoms with Crippen LogP contribution in [0.4, 0.5) is 0 Å². The molecule has 0 aromatic rings. The van der Waals surface area contributed by atoms with Gasteiger partial charge in [-0.05, 0) is 26.3 Å². The predicted molar refractivity (Wildman–Crippen MR) is 68.3 cm³/mol. The molecule has 17 heavy (non-hydrogen) atoms. The van der Waals surface area contributed by atoms with Gasteiger partial charge in [0.25, 0.3) is 0 Å². The van der Waals surface area contributed by atoms with Crippen LogP contribution in [0.2, 0.25) is 0 Å². The summed E-state index contributed by atoms with van der Waals surface area (Å²) in [6, 6.07) is 1.10. The minimum absolute atomic E-state index is 0.349. The Morgan fingerprint density at radius 1 is 1.35 bits per heavy atom. The number of nitrogens with zero attached hydrogens (tertiary/aromatic N) is 1. The zero-order valence-corrected chi connectivity index (χ0v) is 11.2. The zero-order chi connectivity index (χ0) is 12.1. The van der Waals surface area contributed by atoms with Crippen LogP contribution in [0, 0.1) is 0 Å². The van der Waals surface area contributed by atoms with E-state index in [0.717, 1.165) is 52.3 Å². The third kappa shape index (κ3) is 3.65. The van der Waals surface area contributed by atoms with E-state index in [2.05, 4.69) is 24.1 Å². The molecule has 2 saturated heterocycles. The van der Waals surface area contributed by atoms with Gasteiger partial charge in [0, 0.05) is 38.4 Å². The monoisotopic (exact) mass is 242 g/mol. The van der Waals surface area contributed by atoms with E-state index < -0.39 is 0 Å². The Balaban J connectivity index is 1.96. The van der Waals surface area contributed by atoms with Crippen molar-refractivity contribution in [1.82, 2.24) is 10.2 Å². The summed E-state index contributed by atoms with van der Waals surface area (Å²) >= 11 is 0. The first-order valence-electron chi connectivity index (χ1n) is 6.98. The average Bonchev–Trinajstić information content (AvgIpc) is 2.55. The molecule has 0 bridgehead atoms. The Bertz CT molecular complexity index is 223. The standard InChI is InChI=1S/C13H26N2O2/c1-3-14-12-5-8-16-10-13(12)15-6-4-7-17-11(2)9-15/h11-14H,3-10H2,1-2H3. The number of likely N-dealkylation sites (N-methyl/N-ethyl adjacent to an activating group) is 1. The normalized spacial score (nSPS) is 36.7. The van der Waals surface area contributed by atoms with Gasteiger partial charge in [-0.25, -0.2) is 0 Å². The van der Waals surface area contributed by atoms with Crippen molar-refractivity contribution in [3.8, 4) is 0 Å². The number of rotatable bonds is 3. The van der Waals surface area contributed by atoms with Gasteiger partial charge in [-0.15, -0.1) is 0 Å². The Kier molecular flexibility index (Phi) is 5.22. The lowest BCUT2D eigenvalue weighted by atomic mass is 10.0. The lowest BCUT2D eigenvalue weighted by Gasteiger charge is -2.40. The van der Waals surface area contributed by atoms with E-state index in [-0.39, 0.29) is 0 Å². The second kappa shape index (κ2) is 6.69. The predicted octanol–water partition coefficient (Wildman–Crippen LogP) is 0.864. The van der Waals surface area contributed by atoms with Crippen molar-refractivity contribution in [3.05, 3.63) is 0 Å². The van der Waals surface area contributed by atoms with Crippen LogP contribution >= 0.6 is 0 Å². The third-order valence-corrected chi connectivity index (χ3v) is 3.75. The molecule has 1 N–H and O–H groups in total. The third-order valence-electron chi connectivity index (χ3n) is 3.75. The quantitative estimate of drug-likeness (QED) is 0.796. The molecule has 3 atom stereocenters. The summed E-state index contributed by atoms with van der Waals surface area (Å²) < 4.78 is 11.4. The number of hydrogen-bond acceptors (Lipinski definition) is 4. The number of nitrogens with one attached hydrogen (secondary N) is 1. The van der Waals surface area contributed by atoms with Crippen LogP contribution in [0.5, 0.6) is 0 Å². The summed E-state index contributed by atoms with van der Waals surface area (Å²) in [6.07, 6.45) is 2.62. The molecule has 0 aromatic heterocycles. The first-order chi connectivity index (χ1) is 8.31. The Hall–Kier alpha value is -0.160. The molecule has 100 valence electrons. The van der Waals surface area contributed by atoms with Gasteiger partial charge in [-0.1, -0.05) is 6.92 Å². The number of hydrogen-bond donors (Lipinski definition) is 1. The molecule has 4 nitrogen and oxygen atoms in total. The summed E-state index contributed by atoms with van der Waals surface area (Å²) in [5.41, 5.74) is 0. The summed E-state index contributed by atoms with van der Waals surface area (Å²) in [4.78, 5) is 2.56. The van der Waals surface area contributed by atoms with E-state index in [1.807, 2.05) is 0 Å². The van der Waals surface area contributed by atoms with Crippen LogP contribution in [0.25, 0.3) is 0 Å². The maximum atomic E-state index is 5.72. The minimum atomic E-state index is 0.349. The molecule has 0 amide bonds. The average molecular weight is 242 g/mol. The van der Waals surface area contributed by atoms with Crippen LogP contribution in [-0.2, 0) is 9.47 Å². The first kappa shape index (κ1) is 13.3. The molecule has 2 aliphatic heterocycles. The van der Waals surface area contributed by atoms with Gasteiger partial charge in [0.05, 0.1) is 12.7 Å². The highest BCUT2D eigenvalue weighted by molar-refractivity contribution is 4.88. The molecule has 2 rings (SSSR count). The van der Waals surface area contributed by atoms with Gasteiger partial charge >= 0.3 is 0 Å². The molecule has 4 heteroatoms. The molecular formula is C13H26N2O2. The first-order valence-corrected chi connectivity index (χ1v) is 6.98. The van der Waals surface area contributed by atoms with E-state index >= 15 is 0 Å². The van der Waals surface area contributed by atoms with E-state index in [0.29, 0.717) is 18.2 Å². The van der Waals surface area contributed by atoms with E-state index in [9.17, 15) is 0 Å². The Morgan fingerprint density at radius 2 is 2.24 bits per heavy atom. The highest BCUT2D eigenvalue weighted by Crippen LogP contribution is 2.17. The van der Waals surface area contributed by atoms with Crippen LogP contribution < -0.4 is 5.32 Å². The van der Waals surface area contributed by atoms with Gasteiger partial charge in [0.15, 0.2) is 0 Å².